The van der Waals surface area contributed by atoms with E-state index in [0.717, 1.165) is 0 Å². The zero-order valence-electron chi connectivity index (χ0n) is 14.6. The van der Waals surface area contributed by atoms with Crippen molar-refractivity contribution in [1.82, 2.24) is 0 Å². The van der Waals surface area contributed by atoms with Crippen molar-refractivity contribution in [1.29, 1.82) is 0 Å². The zero-order valence-corrected chi connectivity index (χ0v) is 16.2. The fourth-order valence-electron chi connectivity index (χ4n) is 2.14. The molecule has 0 aliphatic rings. The predicted octanol–water partition coefficient (Wildman–Crippen LogP) is 4.65. The summed E-state index contributed by atoms with van der Waals surface area (Å²) >= 11 is 5.76. The summed E-state index contributed by atoms with van der Waals surface area (Å²) in [6.07, 6.45) is -3.34. The molecule has 0 spiro atoms. The molecule has 0 radical (unpaired) electrons. The lowest BCUT2D eigenvalue weighted by atomic mass is 10.2. The van der Waals surface area contributed by atoms with Crippen molar-refractivity contribution in [2.75, 3.05) is 6.26 Å². The van der Waals surface area contributed by atoms with Crippen LogP contribution in [-0.2, 0) is 9.84 Å². The molecular formula is C16H8ClF7O5S. The molecule has 5 nitrogen and oxygen atoms in total. The number of ether oxygens (including phenoxy) is 2. The Bertz CT molecular complexity index is 1120. The molecule has 14 heteroatoms. The summed E-state index contributed by atoms with van der Waals surface area (Å²) in [5.74, 6) is -17.1. The highest BCUT2D eigenvalue weighted by atomic mass is 35.5. The first-order valence-corrected chi connectivity index (χ1v) is 9.66. The first-order valence-electron chi connectivity index (χ1n) is 7.39. The predicted molar refractivity (Wildman–Crippen MR) is 87.0 cm³/mol. The van der Waals surface area contributed by atoms with Gasteiger partial charge in [0.25, 0.3) is 0 Å². The first-order chi connectivity index (χ1) is 13.6. The van der Waals surface area contributed by atoms with Crippen molar-refractivity contribution in [2.24, 2.45) is 0 Å². The molecule has 2 aromatic carbocycles. The van der Waals surface area contributed by atoms with Crippen LogP contribution in [0.15, 0.2) is 17.0 Å². The Morgan fingerprint density at radius 2 is 1.43 bits per heavy atom. The number of rotatable bonds is 5. The molecule has 2 aromatic rings. The van der Waals surface area contributed by atoms with E-state index in [2.05, 4.69) is 9.47 Å². The zero-order chi connectivity index (χ0) is 23.2. The van der Waals surface area contributed by atoms with Gasteiger partial charge in [0.1, 0.15) is 10.6 Å². The highest BCUT2D eigenvalue weighted by Gasteiger charge is 2.33. The number of hydrogen-bond acceptors (Lipinski definition) is 5. The standard InChI is InChI=1S/C16H8ClF7O5S/c1-16(23,24)29-6-4-3-5(7(17)14(6)30(2,26)27)15(25)28-13-11(21)9(19)8(18)10(20)12(13)22/h3-4H,1-2H3. The number of carbonyl (C=O) groups is 1. The molecule has 0 aromatic heterocycles. The maximum Gasteiger partial charge on any atom is 0.394 e. The number of benzene rings is 2. The van der Waals surface area contributed by atoms with E-state index in [0.29, 0.717) is 18.4 Å². The Labute approximate surface area is 168 Å². The van der Waals surface area contributed by atoms with Gasteiger partial charge < -0.3 is 9.47 Å². The summed E-state index contributed by atoms with van der Waals surface area (Å²) in [7, 11) is -4.42. The van der Waals surface area contributed by atoms with E-state index in [9.17, 15) is 43.9 Å². The Morgan fingerprint density at radius 3 is 1.87 bits per heavy atom. The molecule has 164 valence electrons. The topological polar surface area (TPSA) is 69.7 Å². The number of hydrogen-bond donors (Lipinski definition) is 0. The molecule has 2 rings (SSSR count). The minimum atomic E-state index is -4.42. The molecule has 0 aliphatic heterocycles. The van der Waals surface area contributed by atoms with Gasteiger partial charge in [0.2, 0.25) is 34.8 Å². The Balaban J connectivity index is 2.60. The summed E-state index contributed by atoms with van der Waals surface area (Å²) in [6, 6.07) is 1.15. The van der Waals surface area contributed by atoms with E-state index < -0.39 is 78.0 Å². The van der Waals surface area contributed by atoms with Crippen molar-refractivity contribution >= 4 is 27.4 Å². The number of esters is 1. The smallest absolute Gasteiger partial charge is 0.394 e. The van der Waals surface area contributed by atoms with Crippen LogP contribution >= 0.6 is 11.6 Å². The van der Waals surface area contributed by atoms with E-state index >= 15 is 0 Å². The second kappa shape index (κ2) is 7.95. The van der Waals surface area contributed by atoms with Crippen molar-refractivity contribution in [3.63, 3.8) is 0 Å². The summed E-state index contributed by atoms with van der Waals surface area (Å²) in [4.78, 5) is 11.1. The second-order valence-corrected chi connectivity index (χ2v) is 8.06. The van der Waals surface area contributed by atoms with Gasteiger partial charge in [-0.05, 0) is 12.1 Å². The molecule has 0 saturated carbocycles. The van der Waals surface area contributed by atoms with Crippen LogP contribution in [0.4, 0.5) is 30.7 Å². The minimum Gasteiger partial charge on any atom is -0.431 e. The largest absolute Gasteiger partial charge is 0.431 e. The number of sulfone groups is 1. The van der Waals surface area contributed by atoms with E-state index in [1.165, 1.54) is 0 Å². The lowest BCUT2D eigenvalue weighted by Crippen LogP contribution is -2.21. The fraction of sp³-hybridized carbons (Fsp3) is 0.188. The molecule has 0 unspecified atom stereocenters. The molecule has 0 amide bonds. The van der Waals surface area contributed by atoms with Crippen LogP contribution in [0.25, 0.3) is 0 Å². The summed E-state index contributed by atoms with van der Waals surface area (Å²) in [5, 5.41) is -1.05. The third-order valence-electron chi connectivity index (χ3n) is 3.31. The summed E-state index contributed by atoms with van der Waals surface area (Å²) < 4.78 is 125. The van der Waals surface area contributed by atoms with Crippen LogP contribution in [0.5, 0.6) is 11.5 Å². The van der Waals surface area contributed by atoms with Gasteiger partial charge >= 0.3 is 12.1 Å². The van der Waals surface area contributed by atoms with E-state index in [-0.39, 0.29) is 6.92 Å². The van der Waals surface area contributed by atoms with Crippen LogP contribution in [0.1, 0.15) is 17.3 Å². The molecule has 0 atom stereocenters. The lowest BCUT2D eigenvalue weighted by molar-refractivity contribution is -0.160. The molecule has 0 N–H and O–H groups in total. The van der Waals surface area contributed by atoms with Crippen LogP contribution in [0.2, 0.25) is 5.02 Å². The molecule has 0 bridgehead atoms. The van der Waals surface area contributed by atoms with Gasteiger partial charge in [-0.2, -0.15) is 17.6 Å². The number of carbonyl (C=O) groups excluding carboxylic acids is 1. The van der Waals surface area contributed by atoms with Crippen molar-refractivity contribution in [3.8, 4) is 11.5 Å². The Morgan fingerprint density at radius 1 is 0.967 bits per heavy atom. The quantitative estimate of drug-likeness (QED) is 0.205. The second-order valence-electron chi connectivity index (χ2n) is 5.72. The maximum atomic E-state index is 13.7. The fourth-order valence-corrected chi connectivity index (χ4v) is 3.70. The van der Waals surface area contributed by atoms with Crippen LogP contribution in [-0.4, -0.2) is 26.8 Å². The highest BCUT2D eigenvalue weighted by molar-refractivity contribution is 7.91. The summed E-state index contributed by atoms with van der Waals surface area (Å²) in [6.45, 7) is 0.276. The SMILES string of the molecule is CC(F)(F)Oc1ccc(C(=O)Oc2c(F)c(F)c(F)c(F)c2F)c(Cl)c1S(C)(=O)=O. The normalized spacial score (nSPS) is 12.1. The van der Waals surface area contributed by atoms with Gasteiger partial charge in [-0.25, -0.2) is 26.4 Å². The highest BCUT2D eigenvalue weighted by Crippen LogP contribution is 2.37. The average Bonchev–Trinajstić information content (AvgIpc) is 2.59. The first kappa shape index (κ1) is 23.7. The number of alkyl halides is 2. The minimum absolute atomic E-state index is 0.276. The molecule has 0 fully saturated rings. The van der Waals surface area contributed by atoms with Crippen molar-refractivity contribution < 1.29 is 53.4 Å². The van der Waals surface area contributed by atoms with Gasteiger partial charge in [-0.15, -0.1) is 0 Å². The van der Waals surface area contributed by atoms with Crippen LogP contribution in [0, 0.1) is 29.1 Å². The molecular weight excluding hydrogens is 473 g/mol. The number of halogens is 8. The van der Waals surface area contributed by atoms with Crippen LogP contribution < -0.4 is 9.47 Å². The van der Waals surface area contributed by atoms with E-state index in [1.807, 2.05) is 0 Å². The van der Waals surface area contributed by atoms with Gasteiger partial charge in [0.15, 0.2) is 9.84 Å². The maximum absolute atomic E-state index is 13.7. The van der Waals surface area contributed by atoms with E-state index in [1.54, 1.807) is 0 Å². The molecule has 30 heavy (non-hydrogen) atoms. The monoisotopic (exact) mass is 480 g/mol. The van der Waals surface area contributed by atoms with Crippen LogP contribution in [0.3, 0.4) is 0 Å². The van der Waals surface area contributed by atoms with Gasteiger partial charge in [0, 0.05) is 13.2 Å². The van der Waals surface area contributed by atoms with Gasteiger partial charge in [-0.3, -0.25) is 0 Å². The van der Waals surface area contributed by atoms with Gasteiger partial charge in [0.05, 0.1) is 10.6 Å². The lowest BCUT2D eigenvalue weighted by Gasteiger charge is -2.17. The Hall–Kier alpha value is -2.54. The molecule has 0 saturated heterocycles. The molecule has 0 aliphatic carbocycles. The van der Waals surface area contributed by atoms with E-state index in [4.69, 9.17) is 11.6 Å². The van der Waals surface area contributed by atoms with Crippen molar-refractivity contribution in [2.45, 2.75) is 17.9 Å². The van der Waals surface area contributed by atoms with Gasteiger partial charge in [-0.1, -0.05) is 11.6 Å². The average molecular weight is 481 g/mol. The third kappa shape index (κ3) is 4.61. The van der Waals surface area contributed by atoms with Crippen molar-refractivity contribution in [3.05, 3.63) is 51.8 Å². The Kier molecular flexibility index (Phi) is 6.29. The molecule has 0 heterocycles. The summed E-state index contributed by atoms with van der Waals surface area (Å²) in [5.41, 5.74) is -0.951. The third-order valence-corrected chi connectivity index (χ3v) is 4.96.